The maximum absolute atomic E-state index is 12.7. The number of carbonyl (C=O) groups excluding carboxylic acids is 3. The van der Waals surface area contributed by atoms with E-state index in [2.05, 4.69) is 10.6 Å². The molecule has 1 aliphatic heterocycles. The minimum absolute atomic E-state index is 0.0610. The van der Waals surface area contributed by atoms with E-state index in [1.54, 1.807) is 48.5 Å². The first-order chi connectivity index (χ1) is 15.9. The van der Waals surface area contributed by atoms with Crippen molar-refractivity contribution < 1.29 is 24.3 Å². The second-order valence-electron chi connectivity index (χ2n) is 7.30. The van der Waals surface area contributed by atoms with Gasteiger partial charge in [0.05, 0.1) is 5.56 Å². The Hall–Kier alpha value is -4.72. The average Bonchev–Trinajstić information content (AvgIpc) is 3.07. The summed E-state index contributed by atoms with van der Waals surface area (Å²) < 4.78 is 0. The number of para-hydroxylation sites is 1. The molecular formula is C25H19N3O5. The number of urea groups is 1. The van der Waals surface area contributed by atoms with Crippen molar-refractivity contribution in [2.24, 2.45) is 0 Å². The van der Waals surface area contributed by atoms with Crippen LogP contribution < -0.4 is 10.6 Å². The van der Waals surface area contributed by atoms with Crippen molar-refractivity contribution in [1.29, 1.82) is 0 Å². The van der Waals surface area contributed by atoms with Gasteiger partial charge in [-0.05, 0) is 53.1 Å². The van der Waals surface area contributed by atoms with Gasteiger partial charge in [-0.1, -0.05) is 48.5 Å². The third-order valence-corrected chi connectivity index (χ3v) is 4.98. The molecule has 0 saturated carbocycles. The zero-order valence-corrected chi connectivity index (χ0v) is 17.3. The number of hydrogen-bond acceptors (Lipinski definition) is 4. The lowest BCUT2D eigenvalue weighted by atomic mass is 10.0. The summed E-state index contributed by atoms with van der Waals surface area (Å²) in [7, 11) is 0. The summed E-state index contributed by atoms with van der Waals surface area (Å²) in [6, 6.07) is 21.7. The summed E-state index contributed by atoms with van der Waals surface area (Å²) in [6.07, 6.45) is 1.53. The third-order valence-electron chi connectivity index (χ3n) is 4.98. The van der Waals surface area contributed by atoms with E-state index >= 15 is 0 Å². The quantitative estimate of drug-likeness (QED) is 0.399. The van der Waals surface area contributed by atoms with Crippen molar-refractivity contribution in [3.63, 3.8) is 0 Å². The van der Waals surface area contributed by atoms with Crippen LogP contribution in [0, 0.1) is 0 Å². The van der Waals surface area contributed by atoms with Crippen LogP contribution in [0.4, 0.5) is 10.5 Å². The Bertz CT molecular complexity index is 1270. The summed E-state index contributed by atoms with van der Waals surface area (Å²) in [4.78, 5) is 49.1. The normalized spacial score (nSPS) is 14.3. The molecule has 0 atom stereocenters. The minimum Gasteiger partial charge on any atom is -0.478 e. The Morgan fingerprint density at radius 2 is 1.64 bits per heavy atom. The zero-order chi connectivity index (χ0) is 23.4. The molecule has 1 heterocycles. The van der Waals surface area contributed by atoms with E-state index < -0.39 is 30.4 Å². The predicted molar refractivity (Wildman–Crippen MR) is 122 cm³/mol. The van der Waals surface area contributed by atoms with E-state index in [-0.39, 0.29) is 11.3 Å². The van der Waals surface area contributed by atoms with Crippen LogP contribution in [-0.2, 0) is 9.59 Å². The fraction of sp³-hybridized carbons (Fsp3) is 0.0400. The van der Waals surface area contributed by atoms with E-state index in [1.807, 2.05) is 18.2 Å². The van der Waals surface area contributed by atoms with Crippen LogP contribution in [0.15, 0.2) is 84.6 Å². The predicted octanol–water partition coefficient (Wildman–Crippen LogP) is 3.58. The van der Waals surface area contributed by atoms with E-state index in [0.29, 0.717) is 11.3 Å². The van der Waals surface area contributed by atoms with Gasteiger partial charge < -0.3 is 15.7 Å². The first-order valence-corrected chi connectivity index (χ1v) is 10.0. The molecule has 3 aromatic carbocycles. The van der Waals surface area contributed by atoms with Crippen LogP contribution in [-0.4, -0.2) is 40.4 Å². The second kappa shape index (κ2) is 9.19. The second-order valence-corrected chi connectivity index (χ2v) is 7.30. The monoisotopic (exact) mass is 441 g/mol. The number of benzene rings is 3. The van der Waals surface area contributed by atoms with Crippen molar-refractivity contribution in [2.75, 3.05) is 11.9 Å². The number of nitrogens with one attached hydrogen (secondary N) is 2. The maximum atomic E-state index is 12.7. The number of carbonyl (C=O) groups is 4. The molecule has 1 saturated heterocycles. The van der Waals surface area contributed by atoms with E-state index in [9.17, 15) is 19.2 Å². The molecular weight excluding hydrogens is 422 g/mol. The zero-order valence-electron chi connectivity index (χ0n) is 17.3. The summed E-state index contributed by atoms with van der Waals surface area (Å²) in [6.45, 7) is -0.410. The lowest BCUT2D eigenvalue weighted by Crippen LogP contribution is -2.38. The van der Waals surface area contributed by atoms with Crippen LogP contribution in [0.2, 0.25) is 0 Å². The largest absolute Gasteiger partial charge is 0.478 e. The first-order valence-electron chi connectivity index (χ1n) is 10.0. The van der Waals surface area contributed by atoms with Gasteiger partial charge in [0.1, 0.15) is 12.2 Å². The standard InChI is InChI=1S/C25H19N3O5/c29-22(26-20-7-2-1-3-8-20)15-28-23(30)21(27-25(28)33)14-16-5-4-6-19(13-16)17-9-11-18(12-10-17)24(31)32/h1-14H,15H2,(H,26,29)(H,27,33)(H,31,32). The summed E-state index contributed by atoms with van der Waals surface area (Å²) in [5, 5.41) is 14.2. The highest BCUT2D eigenvalue weighted by molar-refractivity contribution is 6.16. The lowest BCUT2D eigenvalue weighted by molar-refractivity contribution is -0.127. The molecule has 0 spiro atoms. The molecule has 1 fully saturated rings. The fourth-order valence-corrected chi connectivity index (χ4v) is 3.36. The van der Waals surface area contributed by atoms with Crippen molar-refractivity contribution in [2.45, 2.75) is 0 Å². The molecule has 0 aromatic heterocycles. The number of amides is 4. The Balaban J connectivity index is 1.48. The molecule has 33 heavy (non-hydrogen) atoms. The molecule has 1 aliphatic rings. The molecule has 3 N–H and O–H groups in total. The SMILES string of the molecule is O=C(CN1C(=O)NC(=Cc2cccc(-c3ccc(C(=O)O)cc3)c2)C1=O)Nc1ccccc1. The van der Waals surface area contributed by atoms with E-state index in [0.717, 1.165) is 16.0 Å². The summed E-state index contributed by atoms with van der Waals surface area (Å²) >= 11 is 0. The number of anilines is 1. The fourth-order valence-electron chi connectivity index (χ4n) is 3.36. The van der Waals surface area contributed by atoms with Gasteiger partial charge in [-0.15, -0.1) is 0 Å². The molecule has 0 bridgehead atoms. The topological polar surface area (TPSA) is 116 Å². The van der Waals surface area contributed by atoms with Crippen LogP contribution in [0.25, 0.3) is 17.2 Å². The van der Waals surface area contributed by atoms with Gasteiger partial charge in [0.2, 0.25) is 5.91 Å². The number of aromatic carboxylic acids is 1. The highest BCUT2D eigenvalue weighted by atomic mass is 16.4. The van der Waals surface area contributed by atoms with Gasteiger partial charge in [-0.2, -0.15) is 0 Å². The molecule has 164 valence electrons. The number of carboxylic acid groups (broad SMARTS) is 1. The van der Waals surface area contributed by atoms with Crippen molar-refractivity contribution in [3.8, 4) is 11.1 Å². The van der Waals surface area contributed by atoms with Gasteiger partial charge in [0.15, 0.2) is 0 Å². The number of nitrogens with zero attached hydrogens (tertiary/aromatic N) is 1. The molecule has 8 nitrogen and oxygen atoms in total. The van der Waals surface area contributed by atoms with Crippen LogP contribution in [0.1, 0.15) is 15.9 Å². The van der Waals surface area contributed by atoms with Crippen molar-refractivity contribution in [3.05, 3.63) is 95.7 Å². The summed E-state index contributed by atoms with van der Waals surface area (Å²) in [5.41, 5.74) is 3.10. The highest BCUT2D eigenvalue weighted by Gasteiger charge is 2.34. The van der Waals surface area contributed by atoms with Gasteiger partial charge in [-0.3, -0.25) is 9.59 Å². The smallest absolute Gasteiger partial charge is 0.335 e. The molecule has 8 heteroatoms. The Kier molecular flexibility index (Phi) is 5.99. The number of carboxylic acids is 1. The number of rotatable bonds is 6. The van der Waals surface area contributed by atoms with Gasteiger partial charge in [0.25, 0.3) is 5.91 Å². The highest BCUT2D eigenvalue weighted by Crippen LogP contribution is 2.23. The van der Waals surface area contributed by atoms with Crippen LogP contribution in [0.3, 0.4) is 0 Å². The molecule has 0 unspecified atom stereocenters. The molecule has 3 aromatic rings. The van der Waals surface area contributed by atoms with Crippen molar-refractivity contribution >= 4 is 35.6 Å². The van der Waals surface area contributed by atoms with Gasteiger partial charge in [0, 0.05) is 5.69 Å². The molecule has 4 rings (SSSR count). The lowest BCUT2D eigenvalue weighted by Gasteiger charge is -2.11. The Morgan fingerprint density at radius 1 is 0.909 bits per heavy atom. The average molecular weight is 441 g/mol. The third kappa shape index (κ3) is 4.96. The molecule has 4 amide bonds. The maximum Gasteiger partial charge on any atom is 0.335 e. The Morgan fingerprint density at radius 3 is 2.33 bits per heavy atom. The van der Waals surface area contributed by atoms with Gasteiger partial charge >= 0.3 is 12.0 Å². The first kappa shape index (κ1) is 21.5. The molecule has 0 aliphatic carbocycles. The van der Waals surface area contributed by atoms with E-state index in [1.165, 1.54) is 18.2 Å². The van der Waals surface area contributed by atoms with Crippen LogP contribution in [0.5, 0.6) is 0 Å². The summed E-state index contributed by atoms with van der Waals surface area (Å²) in [5.74, 6) is -2.09. The number of imide groups is 1. The minimum atomic E-state index is -1.00. The molecule has 0 radical (unpaired) electrons. The van der Waals surface area contributed by atoms with Crippen LogP contribution >= 0.6 is 0 Å². The van der Waals surface area contributed by atoms with Crippen molar-refractivity contribution in [1.82, 2.24) is 10.2 Å². The number of hydrogen-bond donors (Lipinski definition) is 3. The van der Waals surface area contributed by atoms with E-state index in [4.69, 9.17) is 5.11 Å². The Labute approximate surface area is 189 Å². The van der Waals surface area contributed by atoms with Gasteiger partial charge in [-0.25, -0.2) is 14.5 Å².